The fourth-order valence-electron chi connectivity index (χ4n) is 9.42. The molecule has 0 radical (unpaired) electrons. The number of unbranched alkanes of at least 4 members (excludes halogenated alkanes) is 2. The Morgan fingerprint density at radius 2 is 1.27 bits per heavy atom. The van der Waals surface area contributed by atoms with Crippen LogP contribution in [-0.4, -0.2) is 189 Å². The van der Waals surface area contributed by atoms with Crippen LogP contribution in [0.5, 0.6) is 0 Å². The van der Waals surface area contributed by atoms with Crippen LogP contribution in [0.2, 0.25) is 0 Å². The summed E-state index contributed by atoms with van der Waals surface area (Å²) < 4.78 is 68.3. The minimum absolute atomic E-state index is 0.0407. The molecule has 0 aromatic rings. The fraction of sp³-hybridized carbons (Fsp3) is 0.900. The predicted molar refractivity (Wildman–Crippen MR) is 249 cm³/mol. The zero-order chi connectivity index (χ0) is 52.1. The number of allylic oxidation sites excluding steroid dienone is 1. The molecule has 0 aliphatic carbocycles. The summed E-state index contributed by atoms with van der Waals surface area (Å²) in [5.74, 6) is -2.91. The lowest BCUT2D eigenvalue weighted by Gasteiger charge is -2.50. The maximum absolute atomic E-state index is 13.9. The van der Waals surface area contributed by atoms with Gasteiger partial charge >= 0.3 is 17.9 Å². The van der Waals surface area contributed by atoms with Crippen LogP contribution in [-0.2, 0) is 66.5 Å². The van der Waals surface area contributed by atoms with Gasteiger partial charge in [-0.05, 0) is 60.3 Å². The Labute approximate surface area is 417 Å². The summed E-state index contributed by atoms with van der Waals surface area (Å²) >= 11 is 0. The molecule has 2 bridgehead atoms. The highest BCUT2D eigenvalue weighted by Gasteiger charge is 2.58. The van der Waals surface area contributed by atoms with Gasteiger partial charge in [0.05, 0.1) is 36.9 Å². The van der Waals surface area contributed by atoms with Crippen molar-refractivity contribution < 1.29 is 102 Å². The van der Waals surface area contributed by atoms with Crippen LogP contribution in [0.3, 0.4) is 0 Å². The Kier molecular flexibility index (Phi) is 23.8. The lowest BCUT2D eigenvalue weighted by atomic mass is 9.95. The first kappa shape index (κ1) is 59.4. The molecule has 5 aliphatic rings. The van der Waals surface area contributed by atoms with Gasteiger partial charge in [0.2, 0.25) is 0 Å². The van der Waals surface area contributed by atoms with Crippen molar-refractivity contribution in [3.05, 3.63) is 11.6 Å². The van der Waals surface area contributed by atoms with Gasteiger partial charge < -0.3 is 87.9 Å². The normalized spacial score (nSPS) is 42.2. The van der Waals surface area contributed by atoms with Crippen LogP contribution in [0, 0.1) is 5.92 Å². The molecular weight excluding hydrogens is 937 g/mol. The maximum atomic E-state index is 13.9. The van der Waals surface area contributed by atoms with Gasteiger partial charge in [0.15, 0.2) is 43.5 Å². The topological polar surface area (TPSA) is 294 Å². The molecule has 410 valence electrons. The van der Waals surface area contributed by atoms with Gasteiger partial charge in [-0.3, -0.25) is 9.59 Å². The second-order valence-corrected chi connectivity index (χ2v) is 19.9. The van der Waals surface area contributed by atoms with Crippen molar-refractivity contribution in [3.8, 4) is 0 Å². The van der Waals surface area contributed by atoms with E-state index in [1.807, 2.05) is 0 Å². The van der Waals surface area contributed by atoms with Crippen molar-refractivity contribution in [2.75, 3.05) is 6.61 Å². The highest BCUT2D eigenvalue weighted by molar-refractivity contribution is 5.87. The average Bonchev–Trinajstić information content (AvgIpc) is 3.34. The SMILES string of the molecule is C/C=C(\C)C(=O)O[C@H]1[C@H](O)[C@@H](O)[C@H](O[C@@H]2[C@H]3OC(=O)CCCCCCCCC[C@H](CCCCC)O[C@H]4O[C@@H](C)[C@H](O)[C@@H](O)[C@@H]4O[C@@H]4O[C@H](CO)[C@@H](O)[C@H](O)[C@H]4O[C@H](O[C@H]2C)[C@@H]3OC(=O)C(C)CC)O[C@@H]1C. The van der Waals surface area contributed by atoms with Gasteiger partial charge in [-0.25, -0.2) is 4.79 Å². The van der Waals surface area contributed by atoms with Crippen LogP contribution in [0.4, 0.5) is 0 Å². The van der Waals surface area contributed by atoms with Gasteiger partial charge in [0.25, 0.3) is 0 Å². The number of carbonyl (C=O) groups is 3. The number of hydrogen-bond donors (Lipinski definition) is 7. The van der Waals surface area contributed by atoms with E-state index in [2.05, 4.69) is 6.92 Å². The minimum atomic E-state index is -1.92. The Morgan fingerprint density at radius 3 is 1.92 bits per heavy atom. The quantitative estimate of drug-likeness (QED) is 0.0640. The van der Waals surface area contributed by atoms with E-state index in [1.54, 1.807) is 27.7 Å². The highest BCUT2D eigenvalue weighted by Crippen LogP contribution is 2.38. The van der Waals surface area contributed by atoms with Crippen molar-refractivity contribution in [3.63, 3.8) is 0 Å². The number of rotatable bonds is 12. The van der Waals surface area contributed by atoms with E-state index in [9.17, 15) is 50.1 Å². The molecule has 21 heteroatoms. The summed E-state index contributed by atoms with van der Waals surface area (Å²) in [6.07, 6.45) is -19.4. The van der Waals surface area contributed by atoms with Gasteiger partial charge in [0.1, 0.15) is 61.0 Å². The van der Waals surface area contributed by atoms with E-state index in [0.29, 0.717) is 32.1 Å². The third-order valence-corrected chi connectivity index (χ3v) is 14.4. The van der Waals surface area contributed by atoms with Gasteiger partial charge in [0, 0.05) is 12.0 Å². The average molecular weight is 1020 g/mol. The number of esters is 3. The lowest BCUT2D eigenvalue weighted by molar-refractivity contribution is -0.399. The summed E-state index contributed by atoms with van der Waals surface area (Å²) in [4.78, 5) is 40.5. The molecule has 5 fully saturated rings. The van der Waals surface area contributed by atoms with Gasteiger partial charge in [-0.1, -0.05) is 84.6 Å². The van der Waals surface area contributed by atoms with Crippen LogP contribution in [0.15, 0.2) is 11.6 Å². The number of ether oxygens (including phenoxy) is 11. The van der Waals surface area contributed by atoms with Crippen molar-refractivity contribution in [1.82, 2.24) is 0 Å². The van der Waals surface area contributed by atoms with Crippen LogP contribution in [0.1, 0.15) is 145 Å². The molecule has 5 aliphatic heterocycles. The molecule has 71 heavy (non-hydrogen) atoms. The second kappa shape index (κ2) is 28.4. The Morgan fingerprint density at radius 1 is 0.662 bits per heavy atom. The third kappa shape index (κ3) is 15.6. The van der Waals surface area contributed by atoms with E-state index in [4.69, 9.17) is 52.1 Å². The molecule has 0 spiro atoms. The summed E-state index contributed by atoms with van der Waals surface area (Å²) in [5, 5.41) is 78.9. The third-order valence-electron chi connectivity index (χ3n) is 14.4. The first-order chi connectivity index (χ1) is 33.8. The Balaban J connectivity index is 1.55. The maximum Gasteiger partial charge on any atom is 0.333 e. The summed E-state index contributed by atoms with van der Waals surface area (Å²) in [5.41, 5.74) is 0.261. The molecule has 22 atom stereocenters. The minimum Gasteiger partial charge on any atom is -0.455 e. The monoisotopic (exact) mass is 1020 g/mol. The van der Waals surface area contributed by atoms with E-state index < -0.39 is 153 Å². The number of aliphatic hydroxyl groups is 7. The zero-order valence-corrected chi connectivity index (χ0v) is 42.7. The number of aliphatic hydroxyl groups excluding tert-OH is 7. The molecule has 1 unspecified atom stereocenters. The van der Waals surface area contributed by atoms with Crippen molar-refractivity contribution in [2.24, 2.45) is 5.92 Å². The first-order valence-electron chi connectivity index (χ1n) is 26.0. The number of carbonyl (C=O) groups excluding carboxylic acids is 3. The van der Waals surface area contributed by atoms with E-state index in [0.717, 1.165) is 51.4 Å². The molecule has 0 amide bonds. The highest BCUT2D eigenvalue weighted by atomic mass is 16.8. The predicted octanol–water partition coefficient (Wildman–Crippen LogP) is 2.50. The molecule has 0 aromatic heterocycles. The molecule has 0 saturated carbocycles. The summed E-state index contributed by atoms with van der Waals surface area (Å²) in [6.45, 7) is 12.4. The fourth-order valence-corrected chi connectivity index (χ4v) is 9.42. The molecule has 7 N–H and O–H groups in total. The smallest absolute Gasteiger partial charge is 0.333 e. The van der Waals surface area contributed by atoms with Gasteiger partial charge in [-0.2, -0.15) is 0 Å². The van der Waals surface area contributed by atoms with Gasteiger partial charge in [-0.15, -0.1) is 0 Å². The van der Waals surface area contributed by atoms with Crippen molar-refractivity contribution >= 4 is 17.9 Å². The molecule has 5 saturated heterocycles. The number of fused-ring (bicyclic) bond motifs is 4. The molecular formula is C50H84O21. The first-order valence-corrected chi connectivity index (χ1v) is 26.0. The van der Waals surface area contributed by atoms with E-state index >= 15 is 0 Å². The number of hydrogen-bond acceptors (Lipinski definition) is 21. The standard InChI is InChI=1S/C50H84O21/c1-9-12-18-21-30-22-19-16-14-13-15-17-20-23-32(52)66-43-40(69-47-38(58)37(57)39(28(7)62-47)67-45(59)25(4)10-2)29(8)63-50(44(43)68-46(60)26(5)11-3)71-42-36(56)34(54)31(24-51)65-49(42)70-41-35(55)33(53)27(6)61-48(41)64-30/h10,26-31,33-44,47-51,53-58H,9,11-24H2,1-8H3/b25-10+/t26?,27-,28+,29-,30-,31+,33-,34+,35+,36-,37+,38+,39+,40-,41-,42+,43+,44+,47-,48+,49-,50-/m0/s1. The Hall–Kier alpha value is -2.45. The Bertz CT molecular complexity index is 1670. The largest absolute Gasteiger partial charge is 0.455 e. The second-order valence-electron chi connectivity index (χ2n) is 19.9. The van der Waals surface area contributed by atoms with E-state index in [-0.39, 0.29) is 18.1 Å². The summed E-state index contributed by atoms with van der Waals surface area (Å²) in [6, 6.07) is 0. The summed E-state index contributed by atoms with van der Waals surface area (Å²) in [7, 11) is 0. The molecule has 5 rings (SSSR count). The zero-order valence-electron chi connectivity index (χ0n) is 42.7. The van der Waals surface area contributed by atoms with E-state index in [1.165, 1.54) is 26.8 Å². The molecule has 5 heterocycles. The van der Waals surface area contributed by atoms with Crippen LogP contribution in [0.25, 0.3) is 0 Å². The van der Waals surface area contributed by atoms with Crippen LogP contribution >= 0.6 is 0 Å². The molecule has 0 aromatic carbocycles. The van der Waals surface area contributed by atoms with Crippen molar-refractivity contribution in [2.45, 2.75) is 274 Å². The van der Waals surface area contributed by atoms with Crippen LogP contribution < -0.4 is 0 Å². The van der Waals surface area contributed by atoms with Crippen molar-refractivity contribution in [1.29, 1.82) is 0 Å². The lowest BCUT2D eigenvalue weighted by Crippen LogP contribution is -2.68. The molecule has 21 nitrogen and oxygen atoms in total.